The number of carbonyl (C=O) groups is 1. The van der Waals surface area contributed by atoms with Crippen molar-refractivity contribution in [2.24, 2.45) is 4.99 Å². The molecule has 1 atom stereocenters. The van der Waals surface area contributed by atoms with E-state index in [0.29, 0.717) is 13.0 Å². The zero-order valence-corrected chi connectivity index (χ0v) is 18.0. The highest BCUT2D eigenvalue weighted by Crippen LogP contribution is 1.95. The lowest BCUT2D eigenvalue weighted by molar-refractivity contribution is -0.121. The molecule has 1 amide bonds. The van der Waals surface area contributed by atoms with Crippen LogP contribution in [0.5, 0.6) is 0 Å². The number of aliphatic imine (C=N–C) groups is 1. The molecule has 1 aromatic heterocycles. The number of amides is 1. The number of carbonyl (C=O) groups excluding carboxylic acids is 1. The molecule has 0 aliphatic heterocycles. The molecule has 8 nitrogen and oxygen atoms in total. The fourth-order valence-corrected chi connectivity index (χ4v) is 2.09. The predicted molar refractivity (Wildman–Crippen MR) is 111 cm³/mol. The van der Waals surface area contributed by atoms with Gasteiger partial charge in [-0.15, -0.1) is 34.2 Å². The molecular weight excluding hydrogens is 433 g/mol. The fourth-order valence-electron chi connectivity index (χ4n) is 2.09. The molecule has 9 heteroatoms. The van der Waals surface area contributed by atoms with Gasteiger partial charge in [-0.1, -0.05) is 13.8 Å². The van der Waals surface area contributed by atoms with Crippen molar-refractivity contribution >= 4 is 35.8 Å². The summed E-state index contributed by atoms with van der Waals surface area (Å²) in [5.74, 6) is 1.74. The van der Waals surface area contributed by atoms with Crippen molar-refractivity contribution in [3.8, 4) is 0 Å². The molecule has 0 radical (unpaired) electrons. The van der Waals surface area contributed by atoms with Gasteiger partial charge in [0.05, 0.1) is 6.54 Å². The summed E-state index contributed by atoms with van der Waals surface area (Å²) in [7, 11) is 0. The molecule has 0 bridgehead atoms. The number of aromatic nitrogens is 3. The minimum Gasteiger partial charge on any atom is -0.357 e. The molecule has 3 N–H and O–H groups in total. The van der Waals surface area contributed by atoms with E-state index in [-0.39, 0.29) is 35.9 Å². The first-order valence-corrected chi connectivity index (χ1v) is 8.78. The number of aryl methyl sites for hydroxylation is 1. The highest BCUT2D eigenvalue weighted by Gasteiger charge is 2.05. The zero-order chi connectivity index (χ0) is 17.8. The molecule has 1 rings (SSSR count). The Hall–Kier alpha value is -1.39. The van der Waals surface area contributed by atoms with E-state index in [9.17, 15) is 4.79 Å². The minimum atomic E-state index is 0. The average molecular weight is 465 g/mol. The number of hydrogen-bond donors (Lipinski definition) is 3. The maximum Gasteiger partial charge on any atom is 0.222 e. The summed E-state index contributed by atoms with van der Waals surface area (Å²) in [6, 6.07) is 0.212. The number of hydrogen-bond acceptors (Lipinski definition) is 4. The van der Waals surface area contributed by atoms with Crippen molar-refractivity contribution in [3.05, 3.63) is 12.2 Å². The highest BCUT2D eigenvalue weighted by atomic mass is 127. The Morgan fingerprint density at radius 2 is 2.08 bits per heavy atom. The van der Waals surface area contributed by atoms with Crippen LogP contribution in [0.25, 0.3) is 0 Å². The predicted octanol–water partition coefficient (Wildman–Crippen LogP) is 1.32. The van der Waals surface area contributed by atoms with Gasteiger partial charge in [-0.2, -0.15) is 0 Å². The second-order valence-electron chi connectivity index (χ2n) is 5.61. The monoisotopic (exact) mass is 465 g/mol. The first-order chi connectivity index (χ1) is 11.6. The molecule has 0 fully saturated rings. The molecule has 0 spiro atoms. The first-order valence-electron chi connectivity index (χ1n) is 8.78. The Balaban J connectivity index is 0.00000576. The standard InChI is InChI=1S/C16H31N7O.HI/c1-5-13(4)21-15(24)8-9-18-16(17-7-3)19-10-11-23-12-20-22-14(23)6-2;/h12-13H,5-11H2,1-4H3,(H,21,24)(H2,17,18,19);1H. The summed E-state index contributed by atoms with van der Waals surface area (Å²) in [4.78, 5) is 16.2. The number of guanidine groups is 1. The van der Waals surface area contributed by atoms with E-state index >= 15 is 0 Å². The zero-order valence-electron chi connectivity index (χ0n) is 15.7. The van der Waals surface area contributed by atoms with Crippen molar-refractivity contribution in [2.75, 3.05) is 19.6 Å². The Labute approximate surface area is 167 Å². The molecule has 0 saturated heterocycles. The number of rotatable bonds is 10. The summed E-state index contributed by atoms with van der Waals surface area (Å²) in [6.45, 7) is 10.9. The van der Waals surface area contributed by atoms with Crippen LogP contribution >= 0.6 is 24.0 Å². The van der Waals surface area contributed by atoms with Gasteiger partial charge in [-0.05, 0) is 20.3 Å². The number of nitrogens with one attached hydrogen (secondary N) is 3. The van der Waals surface area contributed by atoms with Crippen LogP contribution in [0, 0.1) is 0 Å². The number of nitrogens with zero attached hydrogens (tertiary/aromatic N) is 4. The molecule has 0 aliphatic rings. The summed E-state index contributed by atoms with van der Waals surface area (Å²) < 4.78 is 2.02. The van der Waals surface area contributed by atoms with E-state index in [1.807, 2.05) is 18.4 Å². The Bertz CT molecular complexity index is 518. The third kappa shape index (κ3) is 9.61. The average Bonchev–Trinajstić information content (AvgIpc) is 3.02. The smallest absolute Gasteiger partial charge is 0.222 e. The van der Waals surface area contributed by atoms with Gasteiger partial charge < -0.3 is 20.5 Å². The fraction of sp³-hybridized carbons (Fsp3) is 0.750. The van der Waals surface area contributed by atoms with Crippen LogP contribution in [0.1, 0.15) is 46.4 Å². The summed E-state index contributed by atoms with van der Waals surface area (Å²) >= 11 is 0. The molecule has 144 valence electrons. The molecule has 0 aromatic carbocycles. The van der Waals surface area contributed by atoms with Crippen LogP contribution in [0.2, 0.25) is 0 Å². The molecule has 0 saturated carbocycles. The molecule has 1 unspecified atom stereocenters. The van der Waals surface area contributed by atoms with Gasteiger partial charge in [0.2, 0.25) is 5.91 Å². The Kier molecular flexibility index (Phi) is 13.1. The SMILES string of the molecule is CCNC(=NCCC(=O)NC(C)CC)NCCn1cnnc1CC.I. The Morgan fingerprint density at radius 3 is 2.72 bits per heavy atom. The van der Waals surface area contributed by atoms with E-state index in [1.54, 1.807) is 6.33 Å². The van der Waals surface area contributed by atoms with Gasteiger partial charge in [-0.3, -0.25) is 9.79 Å². The summed E-state index contributed by atoms with van der Waals surface area (Å²) in [6.07, 6.45) is 3.93. The molecular formula is C16H32IN7O. The lowest BCUT2D eigenvalue weighted by atomic mass is 10.2. The molecule has 1 aromatic rings. The molecule has 0 aliphatic carbocycles. The van der Waals surface area contributed by atoms with E-state index in [4.69, 9.17) is 0 Å². The van der Waals surface area contributed by atoms with Gasteiger partial charge in [0.15, 0.2) is 5.96 Å². The first kappa shape index (κ1) is 23.6. The van der Waals surface area contributed by atoms with Crippen LogP contribution in [-0.2, 0) is 17.8 Å². The van der Waals surface area contributed by atoms with Gasteiger partial charge in [0.1, 0.15) is 12.2 Å². The van der Waals surface area contributed by atoms with Gasteiger partial charge >= 0.3 is 0 Å². The van der Waals surface area contributed by atoms with E-state index in [2.05, 4.69) is 45.0 Å². The van der Waals surface area contributed by atoms with Crippen molar-refractivity contribution in [3.63, 3.8) is 0 Å². The third-order valence-corrected chi connectivity index (χ3v) is 3.63. The van der Waals surface area contributed by atoms with E-state index in [1.165, 1.54) is 0 Å². The summed E-state index contributed by atoms with van der Waals surface area (Å²) in [5, 5.41) is 17.4. The quantitative estimate of drug-likeness (QED) is 0.275. The van der Waals surface area contributed by atoms with Gasteiger partial charge in [-0.25, -0.2) is 0 Å². The molecule has 1 heterocycles. The second kappa shape index (κ2) is 13.9. The highest BCUT2D eigenvalue weighted by molar-refractivity contribution is 14.0. The van der Waals surface area contributed by atoms with Crippen molar-refractivity contribution in [2.45, 2.75) is 59.5 Å². The van der Waals surface area contributed by atoms with Crippen LogP contribution in [0.4, 0.5) is 0 Å². The largest absolute Gasteiger partial charge is 0.357 e. The van der Waals surface area contributed by atoms with Crippen LogP contribution in [0.3, 0.4) is 0 Å². The van der Waals surface area contributed by atoms with Crippen LogP contribution < -0.4 is 16.0 Å². The van der Waals surface area contributed by atoms with Crippen molar-refractivity contribution in [1.29, 1.82) is 0 Å². The summed E-state index contributed by atoms with van der Waals surface area (Å²) in [5.41, 5.74) is 0. The lowest BCUT2D eigenvalue weighted by Crippen LogP contribution is -2.39. The van der Waals surface area contributed by atoms with Crippen molar-refractivity contribution < 1.29 is 4.79 Å². The van der Waals surface area contributed by atoms with Crippen molar-refractivity contribution in [1.82, 2.24) is 30.7 Å². The second-order valence-corrected chi connectivity index (χ2v) is 5.61. The number of halogens is 1. The van der Waals surface area contributed by atoms with E-state index in [0.717, 1.165) is 44.3 Å². The lowest BCUT2D eigenvalue weighted by Gasteiger charge is -2.13. The van der Waals surface area contributed by atoms with Gasteiger partial charge in [0, 0.05) is 38.5 Å². The van der Waals surface area contributed by atoms with Crippen LogP contribution in [-0.4, -0.2) is 52.3 Å². The topological polar surface area (TPSA) is 96.2 Å². The molecule has 25 heavy (non-hydrogen) atoms. The maximum absolute atomic E-state index is 11.8. The van der Waals surface area contributed by atoms with Gasteiger partial charge in [0.25, 0.3) is 0 Å². The third-order valence-electron chi connectivity index (χ3n) is 3.63. The maximum atomic E-state index is 11.8. The minimum absolute atomic E-state index is 0. The normalized spacial score (nSPS) is 12.2. The Morgan fingerprint density at radius 1 is 1.32 bits per heavy atom. The van der Waals surface area contributed by atoms with Crippen LogP contribution in [0.15, 0.2) is 11.3 Å². The van der Waals surface area contributed by atoms with E-state index < -0.39 is 0 Å².